The monoisotopic (exact) mass is 652 g/mol. The maximum atomic E-state index is 12.8. The van der Waals surface area contributed by atoms with Crippen molar-refractivity contribution >= 4 is 46.7 Å². The van der Waals surface area contributed by atoms with Crippen molar-refractivity contribution in [3.05, 3.63) is 75.7 Å². The second-order valence-corrected chi connectivity index (χ2v) is 13.0. The van der Waals surface area contributed by atoms with E-state index >= 15 is 0 Å². The van der Waals surface area contributed by atoms with E-state index in [0.29, 0.717) is 43.2 Å². The molecule has 10 nitrogen and oxygen atoms in total. The van der Waals surface area contributed by atoms with Crippen molar-refractivity contribution in [1.82, 2.24) is 20.5 Å². The Hall–Kier alpha value is -4.82. The van der Waals surface area contributed by atoms with Gasteiger partial charge in [0.2, 0.25) is 11.8 Å². The molecule has 4 amide bonds. The smallest absolute Gasteiger partial charge is 0.264 e. The Morgan fingerprint density at radius 1 is 1.02 bits per heavy atom. The third-order valence-corrected chi connectivity index (χ3v) is 9.51. The Kier molecular flexibility index (Phi) is 11.2. The van der Waals surface area contributed by atoms with Gasteiger partial charge >= 0.3 is 0 Å². The molecule has 1 aromatic heterocycles. The van der Waals surface area contributed by atoms with Gasteiger partial charge in [-0.05, 0) is 92.5 Å². The minimum absolute atomic E-state index is 0.0224. The minimum atomic E-state index is -0.372. The number of unbranched alkanes of at least 4 members (excludes halogenated alkanes) is 2. The number of benzene rings is 2. The summed E-state index contributed by atoms with van der Waals surface area (Å²) < 4.78 is 0. The number of carbonyl (C=O) groups excluding carboxylic acids is 4. The molecule has 2 aliphatic rings. The van der Waals surface area contributed by atoms with Crippen LogP contribution in [0.15, 0.2) is 59.6 Å². The number of fused-ring (bicyclic) bond motifs is 1. The molecule has 2 aliphatic heterocycles. The van der Waals surface area contributed by atoms with Gasteiger partial charge in [0.1, 0.15) is 16.6 Å². The van der Waals surface area contributed by atoms with E-state index < -0.39 is 0 Å². The molecule has 2 atom stereocenters. The highest BCUT2D eigenvalue weighted by Gasteiger charge is 2.32. The molecule has 3 heterocycles. The molecule has 11 heteroatoms. The van der Waals surface area contributed by atoms with Crippen LogP contribution in [0.25, 0.3) is 17.2 Å². The number of nitrogens with zero attached hydrogens (tertiary/aromatic N) is 4. The van der Waals surface area contributed by atoms with Crippen LogP contribution in [0, 0.1) is 17.2 Å². The third kappa shape index (κ3) is 8.32. The van der Waals surface area contributed by atoms with Crippen LogP contribution in [0.4, 0.5) is 5.69 Å². The Morgan fingerprint density at radius 2 is 1.77 bits per heavy atom. The third-order valence-electron chi connectivity index (χ3n) is 8.79. The van der Waals surface area contributed by atoms with Crippen LogP contribution < -0.4 is 15.5 Å². The second kappa shape index (κ2) is 15.6. The first-order valence-electron chi connectivity index (χ1n) is 16.1. The molecule has 1 saturated heterocycles. The molecule has 2 N–H and O–H groups in total. The number of rotatable bonds is 11. The lowest BCUT2D eigenvalue weighted by Gasteiger charge is -2.34. The number of amides is 4. The Bertz CT molecular complexity index is 1680. The first-order chi connectivity index (χ1) is 22.7. The minimum Gasteiger partial charge on any atom is -0.356 e. The summed E-state index contributed by atoms with van der Waals surface area (Å²) in [6.45, 7) is 5.49. The number of aromatic nitrogens is 1. The van der Waals surface area contributed by atoms with Gasteiger partial charge in [0.25, 0.3) is 11.8 Å². The van der Waals surface area contributed by atoms with Crippen LogP contribution in [-0.4, -0.2) is 65.7 Å². The molecule has 1 unspecified atom stereocenters. The molecule has 0 radical (unpaired) electrons. The largest absolute Gasteiger partial charge is 0.356 e. The van der Waals surface area contributed by atoms with Gasteiger partial charge in [0.05, 0.1) is 5.92 Å². The molecule has 47 heavy (non-hydrogen) atoms. The number of nitrogens with one attached hydrogen (secondary N) is 2. The molecular formula is C36H40N6O4S. The van der Waals surface area contributed by atoms with E-state index in [-0.39, 0.29) is 41.2 Å². The van der Waals surface area contributed by atoms with Crippen molar-refractivity contribution in [2.24, 2.45) is 5.92 Å². The van der Waals surface area contributed by atoms with Crippen molar-refractivity contribution in [2.45, 2.75) is 58.4 Å². The maximum Gasteiger partial charge on any atom is 0.264 e. The normalized spacial score (nSPS) is 17.5. The quantitative estimate of drug-likeness (QED) is 0.171. The Morgan fingerprint density at radius 3 is 2.47 bits per heavy atom. The number of aryl methyl sites for hydroxylation is 1. The highest BCUT2D eigenvalue weighted by atomic mass is 32.1. The lowest BCUT2D eigenvalue weighted by atomic mass is 9.93. The van der Waals surface area contributed by atoms with E-state index in [1.165, 1.54) is 23.0 Å². The zero-order chi connectivity index (χ0) is 33.3. The van der Waals surface area contributed by atoms with Crippen LogP contribution >= 0.6 is 11.3 Å². The molecule has 3 aromatic rings. The number of likely N-dealkylation sites (tertiary alicyclic amines) is 1. The summed E-state index contributed by atoms with van der Waals surface area (Å²) >= 11 is 1.35. The first-order valence-corrected chi connectivity index (χ1v) is 17.0. The van der Waals surface area contributed by atoms with Gasteiger partial charge in [-0.1, -0.05) is 18.2 Å². The average molecular weight is 653 g/mol. The summed E-state index contributed by atoms with van der Waals surface area (Å²) in [5.74, 6) is -0.810. The standard InChI is InChI=1S/C36H40N6O4S/c1-24-6-7-29-20-28(12-13-32(29)42(24)25(2)43)26-8-10-27(11-9-26)34(44)39-15-4-3-5-16-40-35(45)30-14-18-41(23-30)36(46)31(22-37)21-33-38-17-19-47-33/h8-13,17,19-21,24,30H,3-7,14-16,18,23H2,1-2H3,(H,39,44)(H,40,45)/b31-21+/t24-,30?/m0/s1. The molecular weight excluding hydrogens is 613 g/mol. The summed E-state index contributed by atoms with van der Waals surface area (Å²) in [6, 6.07) is 15.9. The summed E-state index contributed by atoms with van der Waals surface area (Å²) in [6.07, 6.45) is 7.95. The van der Waals surface area contributed by atoms with Crippen LogP contribution in [0.1, 0.15) is 66.9 Å². The van der Waals surface area contributed by atoms with Gasteiger partial charge in [0, 0.05) is 62.0 Å². The summed E-state index contributed by atoms with van der Waals surface area (Å²) in [4.78, 5) is 57.8. The molecule has 244 valence electrons. The van der Waals surface area contributed by atoms with E-state index in [1.807, 2.05) is 47.4 Å². The van der Waals surface area contributed by atoms with Gasteiger partial charge in [0.15, 0.2) is 0 Å². The predicted octanol–water partition coefficient (Wildman–Crippen LogP) is 4.97. The Balaban J connectivity index is 0.989. The van der Waals surface area contributed by atoms with Crippen molar-refractivity contribution in [1.29, 1.82) is 5.26 Å². The fraction of sp³-hybridized carbons (Fsp3) is 0.389. The number of carbonyl (C=O) groups is 4. The van der Waals surface area contributed by atoms with Crippen molar-refractivity contribution in [3.8, 4) is 17.2 Å². The number of nitriles is 1. The topological polar surface area (TPSA) is 136 Å². The maximum absolute atomic E-state index is 12.8. The SMILES string of the molecule is CC(=O)N1c2ccc(-c3ccc(C(=O)NCCCCCNC(=O)C4CCN(C(=O)/C(C#N)=C/c5nccs5)C4)cc3)cc2CC[C@@H]1C. The summed E-state index contributed by atoms with van der Waals surface area (Å²) in [5, 5.41) is 17.7. The molecule has 0 saturated carbocycles. The van der Waals surface area contributed by atoms with E-state index in [1.54, 1.807) is 23.4 Å². The molecule has 1 fully saturated rings. The number of anilines is 1. The predicted molar refractivity (Wildman–Crippen MR) is 182 cm³/mol. The number of thiazole rings is 1. The van der Waals surface area contributed by atoms with E-state index in [9.17, 15) is 24.4 Å². The van der Waals surface area contributed by atoms with Crippen molar-refractivity contribution in [2.75, 3.05) is 31.1 Å². The zero-order valence-corrected chi connectivity index (χ0v) is 27.6. The van der Waals surface area contributed by atoms with Crippen LogP contribution in [0.5, 0.6) is 0 Å². The van der Waals surface area contributed by atoms with E-state index in [2.05, 4.69) is 28.6 Å². The number of hydrogen-bond donors (Lipinski definition) is 2. The molecule has 0 aliphatic carbocycles. The molecule has 0 spiro atoms. The number of hydrogen-bond acceptors (Lipinski definition) is 7. The van der Waals surface area contributed by atoms with Crippen molar-refractivity contribution in [3.63, 3.8) is 0 Å². The average Bonchev–Trinajstić information content (AvgIpc) is 3.79. The van der Waals surface area contributed by atoms with Crippen LogP contribution in [0.2, 0.25) is 0 Å². The van der Waals surface area contributed by atoms with Gasteiger partial charge in [-0.3, -0.25) is 19.2 Å². The highest BCUT2D eigenvalue weighted by Crippen LogP contribution is 2.34. The molecule has 5 rings (SSSR count). The fourth-order valence-electron chi connectivity index (χ4n) is 6.21. The van der Waals surface area contributed by atoms with Gasteiger partial charge < -0.3 is 20.4 Å². The first kappa shape index (κ1) is 33.5. The van der Waals surface area contributed by atoms with Crippen molar-refractivity contribution < 1.29 is 19.2 Å². The Labute approximate surface area is 279 Å². The summed E-state index contributed by atoms with van der Waals surface area (Å²) in [7, 11) is 0. The van der Waals surface area contributed by atoms with E-state index in [4.69, 9.17) is 0 Å². The van der Waals surface area contributed by atoms with Gasteiger partial charge in [-0.15, -0.1) is 11.3 Å². The van der Waals surface area contributed by atoms with Crippen LogP contribution in [0.3, 0.4) is 0 Å². The van der Waals surface area contributed by atoms with Gasteiger partial charge in [-0.25, -0.2) is 4.98 Å². The molecule has 2 aromatic carbocycles. The van der Waals surface area contributed by atoms with Crippen LogP contribution in [-0.2, 0) is 20.8 Å². The highest BCUT2D eigenvalue weighted by molar-refractivity contribution is 7.10. The molecule has 0 bridgehead atoms. The van der Waals surface area contributed by atoms with E-state index in [0.717, 1.165) is 48.9 Å². The second-order valence-electron chi connectivity index (χ2n) is 12.1. The lowest BCUT2D eigenvalue weighted by molar-refractivity contribution is -0.127. The zero-order valence-electron chi connectivity index (χ0n) is 26.8. The van der Waals surface area contributed by atoms with Gasteiger partial charge in [-0.2, -0.15) is 5.26 Å². The lowest BCUT2D eigenvalue weighted by Crippen LogP contribution is -2.40. The fourth-order valence-corrected chi connectivity index (χ4v) is 6.78. The summed E-state index contributed by atoms with van der Waals surface area (Å²) in [5.41, 5.74) is 4.86.